The number of nitrogens with zero attached hydrogens (tertiary/aromatic N) is 1. The monoisotopic (exact) mass is 127 g/mol. The van der Waals surface area contributed by atoms with Crippen LogP contribution < -0.4 is 0 Å². The van der Waals surface area contributed by atoms with Crippen molar-refractivity contribution in [2.45, 2.75) is 25.0 Å². The molecule has 1 spiro atoms. The lowest BCUT2D eigenvalue weighted by Gasteiger charge is -2.47. The maximum absolute atomic E-state index is 5.61. The third kappa shape index (κ3) is 0.634. The van der Waals surface area contributed by atoms with Crippen LogP contribution >= 0.6 is 0 Å². The van der Waals surface area contributed by atoms with Crippen molar-refractivity contribution in [3.8, 4) is 0 Å². The minimum absolute atomic E-state index is 0.208. The Balaban J connectivity index is 2.06. The molecule has 0 amide bonds. The minimum atomic E-state index is 0.208. The maximum Gasteiger partial charge on any atom is 0.122 e. The van der Waals surface area contributed by atoms with Gasteiger partial charge in [-0.1, -0.05) is 0 Å². The second-order valence-electron chi connectivity index (χ2n) is 3.07. The van der Waals surface area contributed by atoms with Gasteiger partial charge in [0.1, 0.15) is 5.72 Å². The van der Waals surface area contributed by atoms with Crippen LogP contribution in [0.1, 0.15) is 19.3 Å². The van der Waals surface area contributed by atoms with E-state index in [1.54, 1.807) is 0 Å². The van der Waals surface area contributed by atoms with Gasteiger partial charge in [0.05, 0.1) is 0 Å². The van der Waals surface area contributed by atoms with Crippen LogP contribution in [0.2, 0.25) is 0 Å². The van der Waals surface area contributed by atoms with Gasteiger partial charge < -0.3 is 4.74 Å². The van der Waals surface area contributed by atoms with Crippen LogP contribution in [0.25, 0.3) is 0 Å². The Bertz CT molecular complexity index is 118. The Morgan fingerprint density at radius 1 is 1.44 bits per heavy atom. The quantitative estimate of drug-likeness (QED) is 0.478. The SMILES string of the molecule is CN1CCC12CCCO2. The van der Waals surface area contributed by atoms with Gasteiger partial charge in [0.25, 0.3) is 0 Å². The highest BCUT2D eigenvalue weighted by molar-refractivity contribution is 4.92. The lowest BCUT2D eigenvalue weighted by molar-refractivity contribution is -0.176. The second-order valence-corrected chi connectivity index (χ2v) is 3.07. The van der Waals surface area contributed by atoms with Gasteiger partial charge in [-0.15, -0.1) is 0 Å². The zero-order valence-corrected chi connectivity index (χ0v) is 5.89. The van der Waals surface area contributed by atoms with E-state index in [1.807, 2.05) is 0 Å². The Morgan fingerprint density at radius 2 is 2.33 bits per heavy atom. The molecule has 2 fully saturated rings. The summed E-state index contributed by atoms with van der Waals surface area (Å²) in [6.07, 6.45) is 3.76. The van der Waals surface area contributed by atoms with Crippen molar-refractivity contribution in [1.29, 1.82) is 0 Å². The van der Waals surface area contributed by atoms with Crippen molar-refractivity contribution in [1.82, 2.24) is 4.90 Å². The molecule has 0 aliphatic carbocycles. The van der Waals surface area contributed by atoms with Crippen LogP contribution in [-0.2, 0) is 4.74 Å². The number of ether oxygens (including phenoxy) is 1. The summed E-state index contributed by atoms with van der Waals surface area (Å²) < 4.78 is 5.61. The summed E-state index contributed by atoms with van der Waals surface area (Å²) in [5.41, 5.74) is 0.208. The van der Waals surface area contributed by atoms with E-state index >= 15 is 0 Å². The van der Waals surface area contributed by atoms with E-state index in [1.165, 1.54) is 25.8 Å². The molecule has 2 aliphatic rings. The Hall–Kier alpha value is -0.0800. The van der Waals surface area contributed by atoms with Crippen LogP contribution in [0.4, 0.5) is 0 Å². The summed E-state index contributed by atoms with van der Waals surface area (Å²) >= 11 is 0. The molecule has 9 heavy (non-hydrogen) atoms. The minimum Gasteiger partial charge on any atom is -0.360 e. The van der Waals surface area contributed by atoms with E-state index < -0.39 is 0 Å². The van der Waals surface area contributed by atoms with Gasteiger partial charge >= 0.3 is 0 Å². The highest BCUT2D eigenvalue weighted by Gasteiger charge is 2.45. The van der Waals surface area contributed by atoms with Crippen molar-refractivity contribution in [3.63, 3.8) is 0 Å². The van der Waals surface area contributed by atoms with Crippen molar-refractivity contribution in [3.05, 3.63) is 0 Å². The van der Waals surface area contributed by atoms with Crippen molar-refractivity contribution in [2.75, 3.05) is 20.2 Å². The first kappa shape index (κ1) is 5.69. The van der Waals surface area contributed by atoms with Gasteiger partial charge in [-0.25, -0.2) is 0 Å². The molecular weight excluding hydrogens is 114 g/mol. The number of rotatable bonds is 0. The first-order valence-corrected chi connectivity index (χ1v) is 3.69. The van der Waals surface area contributed by atoms with E-state index in [9.17, 15) is 0 Å². The predicted octanol–water partition coefficient (Wildman–Crippen LogP) is 0.829. The van der Waals surface area contributed by atoms with Gasteiger partial charge in [-0.05, 0) is 19.9 Å². The maximum atomic E-state index is 5.61. The van der Waals surface area contributed by atoms with Crippen molar-refractivity contribution < 1.29 is 4.74 Å². The summed E-state index contributed by atoms with van der Waals surface area (Å²) in [7, 11) is 2.15. The normalized spacial score (nSPS) is 43.7. The number of hydrogen-bond donors (Lipinski definition) is 0. The van der Waals surface area contributed by atoms with E-state index in [2.05, 4.69) is 11.9 Å². The highest BCUT2D eigenvalue weighted by atomic mass is 16.5. The summed E-state index contributed by atoms with van der Waals surface area (Å²) in [5.74, 6) is 0. The van der Waals surface area contributed by atoms with Crippen molar-refractivity contribution >= 4 is 0 Å². The molecule has 0 aromatic heterocycles. The number of likely N-dealkylation sites (tertiary alicyclic amines) is 1. The highest BCUT2D eigenvalue weighted by Crippen LogP contribution is 2.38. The standard InChI is InChI=1S/C7H13NO/c1-8-5-4-7(8)3-2-6-9-7/h2-6H2,1H3. The molecular formula is C7H13NO. The molecule has 2 rings (SSSR count). The van der Waals surface area contributed by atoms with Crippen LogP contribution in [0, 0.1) is 0 Å². The van der Waals surface area contributed by atoms with Crippen molar-refractivity contribution in [2.24, 2.45) is 0 Å². The number of hydrogen-bond acceptors (Lipinski definition) is 2. The molecule has 0 radical (unpaired) electrons. The summed E-state index contributed by atoms with van der Waals surface area (Å²) in [4.78, 5) is 2.32. The molecule has 2 heterocycles. The molecule has 0 bridgehead atoms. The molecule has 2 saturated heterocycles. The predicted molar refractivity (Wildman–Crippen MR) is 35.2 cm³/mol. The fourth-order valence-corrected chi connectivity index (χ4v) is 1.77. The molecule has 52 valence electrons. The van der Waals surface area contributed by atoms with E-state index in [0.29, 0.717) is 0 Å². The smallest absolute Gasteiger partial charge is 0.122 e. The Kier molecular flexibility index (Phi) is 1.08. The summed E-state index contributed by atoms with van der Waals surface area (Å²) in [6.45, 7) is 2.20. The van der Waals surface area contributed by atoms with E-state index in [4.69, 9.17) is 4.74 Å². The van der Waals surface area contributed by atoms with E-state index in [-0.39, 0.29) is 5.72 Å². The van der Waals surface area contributed by atoms with Crippen LogP contribution in [0.5, 0.6) is 0 Å². The van der Waals surface area contributed by atoms with Gasteiger partial charge in [-0.3, -0.25) is 4.90 Å². The topological polar surface area (TPSA) is 12.5 Å². The molecule has 0 N–H and O–H groups in total. The molecule has 2 aliphatic heterocycles. The molecule has 1 unspecified atom stereocenters. The van der Waals surface area contributed by atoms with Gasteiger partial charge in [0.15, 0.2) is 0 Å². The third-order valence-electron chi connectivity index (χ3n) is 2.62. The fourth-order valence-electron chi connectivity index (χ4n) is 1.77. The zero-order valence-electron chi connectivity index (χ0n) is 5.89. The van der Waals surface area contributed by atoms with Gasteiger partial charge in [0, 0.05) is 19.6 Å². The van der Waals surface area contributed by atoms with Gasteiger partial charge in [-0.2, -0.15) is 0 Å². The molecule has 0 aromatic rings. The van der Waals surface area contributed by atoms with E-state index in [0.717, 1.165) is 6.61 Å². The van der Waals surface area contributed by atoms with Crippen LogP contribution in [0.15, 0.2) is 0 Å². The molecule has 2 nitrogen and oxygen atoms in total. The summed E-state index contributed by atoms with van der Waals surface area (Å²) in [5, 5.41) is 0. The average molecular weight is 127 g/mol. The largest absolute Gasteiger partial charge is 0.360 e. The average Bonchev–Trinajstić information content (AvgIpc) is 2.34. The molecule has 0 aromatic carbocycles. The van der Waals surface area contributed by atoms with Crippen LogP contribution in [0.3, 0.4) is 0 Å². The molecule has 0 saturated carbocycles. The van der Waals surface area contributed by atoms with Gasteiger partial charge in [0.2, 0.25) is 0 Å². The molecule has 2 heteroatoms. The zero-order chi connectivity index (χ0) is 6.32. The first-order chi connectivity index (χ1) is 4.33. The van der Waals surface area contributed by atoms with Crippen LogP contribution in [-0.4, -0.2) is 30.8 Å². The molecule has 1 atom stereocenters. The summed E-state index contributed by atoms with van der Waals surface area (Å²) in [6, 6.07) is 0. The third-order valence-corrected chi connectivity index (χ3v) is 2.62. The lowest BCUT2D eigenvalue weighted by Crippen LogP contribution is -2.57. The first-order valence-electron chi connectivity index (χ1n) is 3.69. The Morgan fingerprint density at radius 3 is 2.56 bits per heavy atom. The fraction of sp³-hybridized carbons (Fsp3) is 1.00. The lowest BCUT2D eigenvalue weighted by atomic mass is 9.96. The second kappa shape index (κ2) is 1.70. The Labute approximate surface area is 55.8 Å².